The normalized spacial score (nSPS) is 15.4. The van der Waals surface area contributed by atoms with Gasteiger partial charge in [0.15, 0.2) is 5.82 Å². The molecule has 0 N–H and O–H groups in total. The van der Waals surface area contributed by atoms with E-state index in [1.807, 2.05) is 0 Å². The molecule has 0 radical (unpaired) electrons. The average Bonchev–Trinajstić information content (AvgIpc) is 3.10. The van der Waals surface area contributed by atoms with Crippen molar-refractivity contribution in [2.45, 2.75) is 52.1 Å². The van der Waals surface area contributed by atoms with Crippen LogP contribution in [0.25, 0.3) is 0 Å². The predicted molar refractivity (Wildman–Crippen MR) is 102 cm³/mol. The van der Waals surface area contributed by atoms with Crippen molar-refractivity contribution >= 4 is 5.91 Å². The quantitative estimate of drug-likeness (QED) is 0.694. The molecular weight excluding hydrogens is 361 g/mol. The van der Waals surface area contributed by atoms with Gasteiger partial charge in [-0.25, -0.2) is 4.39 Å². The number of halogens is 1. The number of benzene rings is 1. The van der Waals surface area contributed by atoms with E-state index in [0.29, 0.717) is 49.3 Å². The Bertz CT molecular complexity index is 770. The van der Waals surface area contributed by atoms with E-state index in [4.69, 9.17) is 9.26 Å². The van der Waals surface area contributed by atoms with Crippen molar-refractivity contribution in [2.75, 3.05) is 19.7 Å². The maximum atomic E-state index is 13.7. The summed E-state index contributed by atoms with van der Waals surface area (Å²) in [7, 11) is 0. The number of rotatable bonds is 8. The van der Waals surface area contributed by atoms with Gasteiger partial charge in [0.2, 0.25) is 11.8 Å². The Balaban J connectivity index is 1.36. The Morgan fingerprint density at radius 1 is 1.32 bits per heavy atom. The number of ether oxygens (including phenoxy) is 1. The van der Waals surface area contributed by atoms with Crippen LogP contribution >= 0.6 is 0 Å². The predicted octanol–water partition coefficient (Wildman–Crippen LogP) is 3.20. The zero-order valence-corrected chi connectivity index (χ0v) is 16.6. The van der Waals surface area contributed by atoms with E-state index in [1.54, 1.807) is 23.1 Å². The van der Waals surface area contributed by atoms with Crippen LogP contribution < -0.4 is 0 Å². The summed E-state index contributed by atoms with van der Waals surface area (Å²) in [6, 6.07) is 6.43. The minimum Gasteiger partial charge on any atom is -0.378 e. The van der Waals surface area contributed by atoms with Crippen molar-refractivity contribution in [3.63, 3.8) is 0 Å². The molecule has 0 aliphatic carbocycles. The molecule has 0 atom stereocenters. The van der Waals surface area contributed by atoms with E-state index in [1.165, 1.54) is 6.07 Å². The number of nitrogens with zero attached hydrogens (tertiary/aromatic N) is 3. The maximum absolute atomic E-state index is 13.7. The first-order chi connectivity index (χ1) is 13.5. The molecule has 1 aromatic heterocycles. The van der Waals surface area contributed by atoms with Crippen molar-refractivity contribution < 1.29 is 18.4 Å². The first kappa shape index (κ1) is 20.5. The van der Waals surface area contributed by atoms with Gasteiger partial charge < -0.3 is 14.2 Å². The van der Waals surface area contributed by atoms with Crippen LogP contribution in [0.5, 0.6) is 0 Å². The van der Waals surface area contributed by atoms with Crippen molar-refractivity contribution in [2.24, 2.45) is 5.92 Å². The third kappa shape index (κ3) is 5.86. The van der Waals surface area contributed by atoms with Gasteiger partial charge in [0.05, 0.1) is 19.1 Å². The van der Waals surface area contributed by atoms with Crippen LogP contribution in [-0.4, -0.2) is 46.7 Å². The number of piperidine rings is 1. The molecular formula is C21H28FN3O3. The molecule has 28 heavy (non-hydrogen) atoms. The molecule has 1 aromatic carbocycles. The number of carbonyl (C=O) groups excluding carboxylic acids is 1. The topological polar surface area (TPSA) is 68.5 Å². The smallest absolute Gasteiger partial charge is 0.227 e. The Kier molecular flexibility index (Phi) is 7.14. The largest absolute Gasteiger partial charge is 0.378 e. The monoisotopic (exact) mass is 389 g/mol. The van der Waals surface area contributed by atoms with E-state index >= 15 is 0 Å². The summed E-state index contributed by atoms with van der Waals surface area (Å²) in [6.07, 6.45) is 3.21. The SMILES string of the molecule is CC(C)Cc1nc(CCOC2CCN(C(=O)Cc3ccccc3F)CC2)no1. The molecule has 1 fully saturated rings. The van der Waals surface area contributed by atoms with Crippen molar-refractivity contribution in [3.05, 3.63) is 47.4 Å². The van der Waals surface area contributed by atoms with Gasteiger partial charge in [-0.05, 0) is 30.4 Å². The number of aromatic nitrogens is 2. The summed E-state index contributed by atoms with van der Waals surface area (Å²) in [6.45, 7) is 6.03. The van der Waals surface area contributed by atoms with Crippen LogP contribution in [0.3, 0.4) is 0 Å². The molecule has 0 unspecified atom stereocenters. The fourth-order valence-corrected chi connectivity index (χ4v) is 3.33. The van der Waals surface area contributed by atoms with Gasteiger partial charge in [0.25, 0.3) is 0 Å². The summed E-state index contributed by atoms with van der Waals surface area (Å²) >= 11 is 0. The number of hydrogen-bond acceptors (Lipinski definition) is 5. The highest BCUT2D eigenvalue weighted by molar-refractivity contribution is 5.78. The van der Waals surface area contributed by atoms with Gasteiger partial charge in [-0.1, -0.05) is 37.2 Å². The van der Waals surface area contributed by atoms with E-state index in [-0.39, 0.29) is 24.2 Å². The highest BCUT2D eigenvalue weighted by Crippen LogP contribution is 2.16. The molecule has 1 saturated heterocycles. The van der Waals surface area contributed by atoms with Crippen LogP contribution in [0.4, 0.5) is 4.39 Å². The molecule has 3 rings (SSSR count). The van der Waals surface area contributed by atoms with Crippen molar-refractivity contribution in [1.29, 1.82) is 0 Å². The fraction of sp³-hybridized carbons (Fsp3) is 0.571. The number of amides is 1. The van der Waals surface area contributed by atoms with Crippen molar-refractivity contribution in [1.82, 2.24) is 15.0 Å². The lowest BCUT2D eigenvalue weighted by molar-refractivity contribution is -0.133. The van der Waals surface area contributed by atoms with Gasteiger partial charge in [-0.3, -0.25) is 4.79 Å². The van der Waals surface area contributed by atoms with Crippen LogP contribution in [0.15, 0.2) is 28.8 Å². The van der Waals surface area contributed by atoms with Crippen LogP contribution in [0.2, 0.25) is 0 Å². The lowest BCUT2D eigenvalue weighted by atomic mass is 10.1. The molecule has 1 aliphatic heterocycles. The second kappa shape index (κ2) is 9.78. The van der Waals surface area contributed by atoms with Gasteiger partial charge in [0.1, 0.15) is 5.82 Å². The summed E-state index contributed by atoms with van der Waals surface area (Å²) in [5.74, 6) is 1.47. The summed E-state index contributed by atoms with van der Waals surface area (Å²) < 4.78 is 24.9. The molecule has 1 amide bonds. The third-order valence-electron chi connectivity index (χ3n) is 4.87. The van der Waals surface area contributed by atoms with Gasteiger partial charge >= 0.3 is 0 Å². The molecule has 0 spiro atoms. The van der Waals surface area contributed by atoms with E-state index in [2.05, 4.69) is 24.0 Å². The molecule has 2 heterocycles. The first-order valence-electron chi connectivity index (χ1n) is 9.95. The van der Waals surface area contributed by atoms with Gasteiger partial charge in [-0.15, -0.1) is 0 Å². The third-order valence-corrected chi connectivity index (χ3v) is 4.87. The second-order valence-corrected chi connectivity index (χ2v) is 7.67. The zero-order valence-electron chi connectivity index (χ0n) is 16.6. The Labute approximate surface area is 165 Å². The summed E-state index contributed by atoms with van der Waals surface area (Å²) in [5, 5.41) is 3.98. The van der Waals surface area contributed by atoms with Crippen LogP contribution in [0.1, 0.15) is 44.0 Å². The average molecular weight is 389 g/mol. The summed E-state index contributed by atoms with van der Waals surface area (Å²) in [4.78, 5) is 18.6. The van der Waals surface area contributed by atoms with Gasteiger partial charge in [-0.2, -0.15) is 4.98 Å². The van der Waals surface area contributed by atoms with Crippen molar-refractivity contribution in [3.8, 4) is 0 Å². The highest BCUT2D eigenvalue weighted by atomic mass is 19.1. The fourth-order valence-electron chi connectivity index (χ4n) is 3.33. The molecule has 6 nitrogen and oxygen atoms in total. The highest BCUT2D eigenvalue weighted by Gasteiger charge is 2.24. The number of carbonyl (C=O) groups is 1. The minimum absolute atomic E-state index is 0.0342. The standard InChI is InChI=1S/C21H28FN3O3/c1-15(2)13-20-23-19(24-28-20)9-12-27-17-7-10-25(11-8-17)21(26)14-16-5-3-4-6-18(16)22/h3-6,15,17H,7-14H2,1-2H3. The lowest BCUT2D eigenvalue weighted by Gasteiger charge is -2.32. The second-order valence-electron chi connectivity index (χ2n) is 7.67. The Hall–Kier alpha value is -2.28. The van der Waals surface area contributed by atoms with Crippen LogP contribution in [-0.2, 0) is 28.8 Å². The van der Waals surface area contributed by atoms with Crippen LogP contribution in [0, 0.1) is 11.7 Å². The Morgan fingerprint density at radius 2 is 2.07 bits per heavy atom. The summed E-state index contributed by atoms with van der Waals surface area (Å²) in [5.41, 5.74) is 0.447. The zero-order chi connectivity index (χ0) is 19.9. The first-order valence-corrected chi connectivity index (χ1v) is 9.95. The van der Waals surface area contributed by atoms with E-state index in [0.717, 1.165) is 19.3 Å². The molecule has 1 aliphatic rings. The number of hydrogen-bond donors (Lipinski definition) is 0. The molecule has 0 bridgehead atoms. The van der Waals surface area contributed by atoms with Gasteiger partial charge in [0, 0.05) is 25.9 Å². The minimum atomic E-state index is -0.327. The molecule has 2 aromatic rings. The van der Waals surface area contributed by atoms with E-state index < -0.39 is 0 Å². The lowest BCUT2D eigenvalue weighted by Crippen LogP contribution is -2.41. The number of likely N-dealkylation sites (tertiary alicyclic amines) is 1. The maximum Gasteiger partial charge on any atom is 0.227 e. The Morgan fingerprint density at radius 3 is 2.79 bits per heavy atom. The molecule has 152 valence electrons. The molecule has 7 heteroatoms. The van der Waals surface area contributed by atoms with E-state index in [9.17, 15) is 9.18 Å². The molecule has 0 saturated carbocycles.